The Morgan fingerprint density at radius 1 is 1.00 bits per heavy atom. The van der Waals surface area contributed by atoms with Crippen LogP contribution in [0.15, 0.2) is 59.1 Å². The third-order valence-corrected chi connectivity index (χ3v) is 6.07. The van der Waals surface area contributed by atoms with Crippen LogP contribution < -0.4 is 14.8 Å². The van der Waals surface area contributed by atoms with E-state index in [2.05, 4.69) is 49.9 Å². The van der Waals surface area contributed by atoms with Crippen molar-refractivity contribution in [2.24, 2.45) is 0 Å². The molecule has 0 amide bonds. The molecule has 0 radical (unpaired) electrons. The number of benzene rings is 3. The number of rotatable bonds is 8. The lowest BCUT2D eigenvalue weighted by Gasteiger charge is -2.16. The van der Waals surface area contributed by atoms with Gasteiger partial charge < -0.3 is 14.8 Å². The Balaban J connectivity index is 1.74. The molecule has 0 heterocycles. The Hall–Kier alpha value is -1.44. The zero-order chi connectivity index (χ0) is 20.8. The molecule has 152 valence electrons. The van der Waals surface area contributed by atoms with E-state index in [9.17, 15) is 0 Å². The second-order valence-electron chi connectivity index (χ2n) is 6.57. The topological polar surface area (TPSA) is 30.5 Å². The van der Waals surface area contributed by atoms with Gasteiger partial charge in [-0.3, -0.25) is 0 Å². The first kappa shape index (κ1) is 22.2. The van der Waals surface area contributed by atoms with Crippen LogP contribution in [0.25, 0.3) is 0 Å². The molecule has 0 aromatic heterocycles. The van der Waals surface area contributed by atoms with Gasteiger partial charge in [0.1, 0.15) is 6.61 Å². The maximum Gasteiger partial charge on any atom is 0.174 e. The first-order chi connectivity index (χ1) is 14.0. The summed E-state index contributed by atoms with van der Waals surface area (Å²) in [4.78, 5) is 0. The minimum atomic E-state index is 0.489. The third-order valence-electron chi connectivity index (χ3n) is 4.33. The highest BCUT2D eigenvalue weighted by molar-refractivity contribution is 14.1. The van der Waals surface area contributed by atoms with Crippen LogP contribution in [0.2, 0.25) is 5.02 Å². The number of anilines is 1. The molecule has 3 rings (SSSR count). The molecule has 0 aliphatic rings. The maximum absolute atomic E-state index is 6.22. The lowest BCUT2D eigenvalue weighted by molar-refractivity contribution is 0.267. The molecule has 0 unspecified atom stereocenters. The second kappa shape index (κ2) is 10.5. The fourth-order valence-electron chi connectivity index (χ4n) is 2.77. The quantitative estimate of drug-likeness (QED) is 0.276. The Morgan fingerprint density at radius 2 is 1.76 bits per heavy atom. The van der Waals surface area contributed by atoms with Crippen molar-refractivity contribution in [2.45, 2.75) is 27.0 Å². The van der Waals surface area contributed by atoms with Crippen molar-refractivity contribution in [3.8, 4) is 11.5 Å². The first-order valence-electron chi connectivity index (χ1n) is 9.28. The zero-order valence-electron chi connectivity index (χ0n) is 16.3. The number of hydrogen-bond acceptors (Lipinski definition) is 3. The molecule has 0 spiro atoms. The van der Waals surface area contributed by atoms with Gasteiger partial charge in [-0.05, 0) is 89.5 Å². The summed E-state index contributed by atoms with van der Waals surface area (Å²) in [5, 5.41) is 4.18. The molecule has 0 fully saturated rings. The van der Waals surface area contributed by atoms with Gasteiger partial charge in [0, 0.05) is 21.7 Å². The van der Waals surface area contributed by atoms with Crippen LogP contribution in [0.3, 0.4) is 0 Å². The van der Waals surface area contributed by atoms with E-state index in [0.29, 0.717) is 19.8 Å². The lowest BCUT2D eigenvalue weighted by Crippen LogP contribution is -2.05. The average molecular weight is 587 g/mol. The number of hydrogen-bond donors (Lipinski definition) is 1. The molecule has 3 aromatic rings. The van der Waals surface area contributed by atoms with Crippen LogP contribution in [0, 0.1) is 10.5 Å². The number of halogens is 3. The summed E-state index contributed by atoms with van der Waals surface area (Å²) in [5.41, 5.74) is 4.28. The highest BCUT2D eigenvalue weighted by atomic mass is 127. The highest BCUT2D eigenvalue weighted by Gasteiger charge is 2.13. The lowest BCUT2D eigenvalue weighted by atomic mass is 10.1. The molecule has 0 atom stereocenters. The van der Waals surface area contributed by atoms with Crippen molar-refractivity contribution in [1.29, 1.82) is 0 Å². The summed E-state index contributed by atoms with van der Waals surface area (Å²) in [6, 6.07) is 18.3. The molecular weight excluding hydrogens is 565 g/mol. The highest BCUT2D eigenvalue weighted by Crippen LogP contribution is 2.35. The Morgan fingerprint density at radius 3 is 2.45 bits per heavy atom. The maximum atomic E-state index is 6.22. The summed E-state index contributed by atoms with van der Waals surface area (Å²) < 4.78 is 14.0. The van der Waals surface area contributed by atoms with Crippen molar-refractivity contribution in [1.82, 2.24) is 0 Å². The molecule has 0 aliphatic carbocycles. The molecular formula is C23H22BrClINO2. The Kier molecular flexibility index (Phi) is 8.09. The molecule has 3 nitrogen and oxygen atoms in total. The van der Waals surface area contributed by atoms with Crippen LogP contribution >= 0.6 is 50.1 Å². The molecule has 0 aliphatic heterocycles. The summed E-state index contributed by atoms with van der Waals surface area (Å²) >= 11 is 12.0. The number of nitrogens with one attached hydrogen (secondary N) is 1. The van der Waals surface area contributed by atoms with Gasteiger partial charge in [-0.15, -0.1) is 0 Å². The number of ether oxygens (including phenoxy) is 2. The van der Waals surface area contributed by atoms with Crippen LogP contribution in [0.1, 0.15) is 23.6 Å². The summed E-state index contributed by atoms with van der Waals surface area (Å²) in [5.74, 6) is 1.53. The standard InChI is InChI=1S/C23H22BrClINO2/c1-3-28-22-11-17(13-27-19-9-4-15(2)20(25)12-19)10-21(26)23(22)29-14-16-5-7-18(24)8-6-16/h4-12,27H,3,13-14H2,1-2H3. The molecule has 0 saturated carbocycles. The molecule has 1 N–H and O–H groups in total. The Labute approximate surface area is 199 Å². The van der Waals surface area contributed by atoms with E-state index in [4.69, 9.17) is 21.1 Å². The van der Waals surface area contributed by atoms with E-state index in [1.807, 2.05) is 62.4 Å². The average Bonchev–Trinajstić information content (AvgIpc) is 2.70. The van der Waals surface area contributed by atoms with Gasteiger partial charge in [0.25, 0.3) is 0 Å². The largest absolute Gasteiger partial charge is 0.490 e. The summed E-state index contributed by atoms with van der Waals surface area (Å²) in [6.07, 6.45) is 0. The van der Waals surface area contributed by atoms with Crippen molar-refractivity contribution >= 4 is 55.8 Å². The van der Waals surface area contributed by atoms with Crippen LogP contribution in [0.4, 0.5) is 5.69 Å². The van der Waals surface area contributed by atoms with E-state index >= 15 is 0 Å². The zero-order valence-corrected chi connectivity index (χ0v) is 20.8. The van der Waals surface area contributed by atoms with Gasteiger partial charge in [0.15, 0.2) is 11.5 Å². The smallest absolute Gasteiger partial charge is 0.174 e. The van der Waals surface area contributed by atoms with E-state index in [0.717, 1.165) is 46.9 Å². The van der Waals surface area contributed by atoms with Gasteiger partial charge in [0.2, 0.25) is 0 Å². The predicted octanol–water partition coefficient (Wildman–Crippen LogP) is 7.61. The fraction of sp³-hybridized carbons (Fsp3) is 0.217. The van der Waals surface area contributed by atoms with Gasteiger partial charge in [-0.2, -0.15) is 0 Å². The SMILES string of the molecule is CCOc1cc(CNc2ccc(C)c(Cl)c2)cc(I)c1OCc1ccc(Br)cc1. The second-order valence-corrected chi connectivity index (χ2v) is 9.06. The minimum absolute atomic E-state index is 0.489. The van der Waals surface area contributed by atoms with E-state index in [1.165, 1.54) is 0 Å². The van der Waals surface area contributed by atoms with Crippen LogP contribution in [0.5, 0.6) is 11.5 Å². The van der Waals surface area contributed by atoms with Crippen LogP contribution in [-0.2, 0) is 13.2 Å². The summed E-state index contributed by atoms with van der Waals surface area (Å²) in [7, 11) is 0. The summed E-state index contributed by atoms with van der Waals surface area (Å²) in [6.45, 7) is 5.71. The molecule has 6 heteroatoms. The van der Waals surface area contributed by atoms with Gasteiger partial charge >= 0.3 is 0 Å². The van der Waals surface area contributed by atoms with Crippen molar-refractivity contribution in [3.05, 3.63) is 84.4 Å². The minimum Gasteiger partial charge on any atom is -0.490 e. The van der Waals surface area contributed by atoms with E-state index < -0.39 is 0 Å². The monoisotopic (exact) mass is 585 g/mol. The normalized spacial score (nSPS) is 10.7. The van der Waals surface area contributed by atoms with Gasteiger partial charge in [-0.1, -0.05) is 45.7 Å². The van der Waals surface area contributed by atoms with E-state index in [1.54, 1.807) is 0 Å². The van der Waals surface area contributed by atoms with Gasteiger partial charge in [-0.25, -0.2) is 0 Å². The van der Waals surface area contributed by atoms with Crippen molar-refractivity contribution < 1.29 is 9.47 Å². The van der Waals surface area contributed by atoms with Gasteiger partial charge in [0.05, 0.1) is 10.2 Å². The molecule has 0 saturated heterocycles. The van der Waals surface area contributed by atoms with Crippen LogP contribution in [-0.4, -0.2) is 6.61 Å². The third kappa shape index (κ3) is 6.27. The predicted molar refractivity (Wildman–Crippen MR) is 132 cm³/mol. The molecule has 0 bridgehead atoms. The Bertz CT molecular complexity index is 979. The fourth-order valence-corrected chi connectivity index (χ4v) is 4.04. The number of aryl methyl sites for hydroxylation is 1. The van der Waals surface area contributed by atoms with Crippen molar-refractivity contribution in [3.63, 3.8) is 0 Å². The van der Waals surface area contributed by atoms with Crippen molar-refractivity contribution in [2.75, 3.05) is 11.9 Å². The van der Waals surface area contributed by atoms with E-state index in [-0.39, 0.29) is 0 Å². The molecule has 3 aromatic carbocycles. The molecule has 29 heavy (non-hydrogen) atoms. The first-order valence-corrected chi connectivity index (χ1v) is 11.5.